The molecule has 0 aliphatic heterocycles. The van der Waals surface area contributed by atoms with Crippen LogP contribution in [0.4, 0.5) is 13.2 Å². The molecular formula is C9H7ClF3N5S. The molecule has 2 rings (SSSR count). The van der Waals surface area contributed by atoms with Crippen molar-refractivity contribution in [2.45, 2.75) is 23.3 Å². The van der Waals surface area contributed by atoms with Crippen LogP contribution in [-0.2, 0) is 6.18 Å². The van der Waals surface area contributed by atoms with Crippen LogP contribution in [0.5, 0.6) is 0 Å². The Bertz CT molecular complexity index is 612. The average Bonchev–Trinajstić information content (AvgIpc) is 2.62. The number of rotatable bonds is 2. The molecule has 19 heavy (non-hydrogen) atoms. The first-order chi connectivity index (χ1) is 8.79. The molecular weight excluding hydrogens is 303 g/mol. The Labute approximate surface area is 114 Å². The first-order valence-electron chi connectivity index (χ1n) is 4.86. The highest BCUT2D eigenvalue weighted by Crippen LogP contribution is 2.35. The molecule has 0 bridgehead atoms. The van der Waals surface area contributed by atoms with Gasteiger partial charge in [0, 0.05) is 6.20 Å². The Kier molecular flexibility index (Phi) is 3.59. The Morgan fingerprint density at radius 3 is 2.53 bits per heavy atom. The number of alkyl halides is 3. The lowest BCUT2D eigenvalue weighted by atomic mass is 10.3. The van der Waals surface area contributed by atoms with Gasteiger partial charge in [-0.1, -0.05) is 11.6 Å². The molecule has 5 nitrogen and oxygen atoms in total. The van der Waals surface area contributed by atoms with E-state index in [2.05, 4.69) is 15.2 Å². The number of halogens is 4. The second-order valence-corrected chi connectivity index (χ2v) is 4.87. The molecule has 2 aromatic heterocycles. The summed E-state index contributed by atoms with van der Waals surface area (Å²) in [6.45, 7) is 1.64. The third kappa shape index (κ3) is 2.92. The zero-order chi connectivity index (χ0) is 14.2. The Hall–Kier alpha value is -1.48. The van der Waals surface area contributed by atoms with Crippen molar-refractivity contribution >= 4 is 23.4 Å². The number of aromatic nitrogens is 4. The highest BCUT2D eigenvalue weighted by molar-refractivity contribution is 7.99. The summed E-state index contributed by atoms with van der Waals surface area (Å²) in [4.78, 5) is 3.66. The summed E-state index contributed by atoms with van der Waals surface area (Å²) in [5.74, 6) is 6.08. The normalized spacial score (nSPS) is 11.8. The van der Waals surface area contributed by atoms with Gasteiger partial charge in [0.2, 0.25) is 5.16 Å². The monoisotopic (exact) mass is 309 g/mol. The van der Waals surface area contributed by atoms with Crippen LogP contribution in [0.25, 0.3) is 0 Å². The second kappa shape index (κ2) is 4.89. The summed E-state index contributed by atoms with van der Waals surface area (Å²) in [5.41, 5.74) is -0.910. The van der Waals surface area contributed by atoms with Crippen molar-refractivity contribution in [1.29, 1.82) is 0 Å². The number of aryl methyl sites for hydroxylation is 1. The van der Waals surface area contributed by atoms with Crippen molar-refractivity contribution in [3.05, 3.63) is 28.7 Å². The molecule has 2 heterocycles. The van der Waals surface area contributed by atoms with E-state index in [1.807, 2.05) is 0 Å². The minimum Gasteiger partial charge on any atom is -0.336 e. The molecule has 0 aromatic carbocycles. The first kappa shape index (κ1) is 13.9. The lowest BCUT2D eigenvalue weighted by molar-refractivity contribution is -0.137. The average molecular weight is 310 g/mol. The summed E-state index contributed by atoms with van der Waals surface area (Å²) in [6.07, 6.45) is -3.78. The van der Waals surface area contributed by atoms with Crippen LogP contribution >= 0.6 is 23.4 Å². The molecule has 0 amide bonds. The van der Waals surface area contributed by atoms with Crippen LogP contribution in [0.1, 0.15) is 11.4 Å². The maximum Gasteiger partial charge on any atom is 0.417 e. The van der Waals surface area contributed by atoms with Crippen molar-refractivity contribution in [2.75, 3.05) is 5.84 Å². The molecule has 0 aliphatic carbocycles. The molecule has 0 atom stereocenters. The Balaban J connectivity index is 2.30. The fourth-order valence-corrected chi connectivity index (χ4v) is 2.19. The SMILES string of the molecule is Cc1nnc(Sc2ncc(C(F)(F)F)cc2Cl)n1N. The number of nitrogens with two attached hydrogens (primary N) is 1. The van der Waals surface area contributed by atoms with Crippen molar-refractivity contribution in [3.8, 4) is 0 Å². The summed E-state index contributed by atoms with van der Waals surface area (Å²) < 4.78 is 38.5. The van der Waals surface area contributed by atoms with Gasteiger partial charge in [-0.2, -0.15) is 13.2 Å². The largest absolute Gasteiger partial charge is 0.417 e. The molecule has 102 valence electrons. The van der Waals surface area contributed by atoms with Gasteiger partial charge in [0.15, 0.2) is 0 Å². The van der Waals surface area contributed by atoms with Gasteiger partial charge >= 0.3 is 6.18 Å². The molecule has 0 unspecified atom stereocenters. The van der Waals surface area contributed by atoms with Gasteiger partial charge in [0.05, 0.1) is 10.6 Å². The molecule has 2 N–H and O–H groups in total. The first-order valence-corrected chi connectivity index (χ1v) is 6.06. The van der Waals surface area contributed by atoms with E-state index in [-0.39, 0.29) is 15.2 Å². The molecule has 10 heteroatoms. The highest BCUT2D eigenvalue weighted by Gasteiger charge is 2.31. The number of hydrogen-bond acceptors (Lipinski definition) is 5. The Morgan fingerprint density at radius 1 is 1.37 bits per heavy atom. The van der Waals surface area contributed by atoms with Crippen molar-refractivity contribution in [1.82, 2.24) is 19.9 Å². The number of nitrogens with zero attached hydrogens (tertiary/aromatic N) is 4. The van der Waals surface area contributed by atoms with Gasteiger partial charge < -0.3 is 5.84 Å². The standard InChI is InChI=1S/C9H7ClF3N5S/c1-4-16-17-8(18(4)14)19-7-6(10)2-5(3-15-7)9(11,12)13/h2-3H,14H2,1H3. The van der Waals surface area contributed by atoms with E-state index in [0.717, 1.165) is 17.8 Å². The summed E-state index contributed by atoms with van der Waals surface area (Å²) in [7, 11) is 0. The Morgan fingerprint density at radius 2 is 2.05 bits per heavy atom. The van der Waals surface area contributed by atoms with E-state index in [9.17, 15) is 13.2 Å². The predicted molar refractivity (Wildman–Crippen MR) is 63.3 cm³/mol. The van der Waals surface area contributed by atoms with Gasteiger partial charge in [0.1, 0.15) is 10.9 Å². The van der Waals surface area contributed by atoms with E-state index < -0.39 is 11.7 Å². The van der Waals surface area contributed by atoms with Crippen LogP contribution in [0, 0.1) is 6.92 Å². The van der Waals surface area contributed by atoms with Gasteiger partial charge in [-0.3, -0.25) is 0 Å². The number of pyridine rings is 1. The van der Waals surface area contributed by atoms with E-state index in [0.29, 0.717) is 12.0 Å². The van der Waals surface area contributed by atoms with Crippen LogP contribution in [0.3, 0.4) is 0 Å². The fraction of sp³-hybridized carbons (Fsp3) is 0.222. The van der Waals surface area contributed by atoms with E-state index in [1.165, 1.54) is 4.68 Å². The minimum atomic E-state index is -4.48. The van der Waals surface area contributed by atoms with Crippen molar-refractivity contribution < 1.29 is 13.2 Å². The van der Waals surface area contributed by atoms with E-state index in [1.54, 1.807) is 6.92 Å². The van der Waals surface area contributed by atoms with Crippen molar-refractivity contribution in [2.24, 2.45) is 0 Å². The summed E-state index contributed by atoms with van der Waals surface area (Å²) >= 11 is 6.70. The summed E-state index contributed by atoms with van der Waals surface area (Å²) in [5, 5.41) is 7.80. The molecule has 0 spiro atoms. The molecule has 0 aliphatic rings. The van der Waals surface area contributed by atoms with E-state index in [4.69, 9.17) is 17.4 Å². The lowest BCUT2D eigenvalue weighted by Crippen LogP contribution is -2.11. The molecule has 0 saturated heterocycles. The number of nitrogen functional groups attached to an aromatic ring is 1. The smallest absolute Gasteiger partial charge is 0.336 e. The zero-order valence-corrected chi connectivity index (χ0v) is 11.0. The van der Waals surface area contributed by atoms with Gasteiger partial charge in [-0.05, 0) is 24.8 Å². The third-order valence-corrected chi connectivity index (χ3v) is 3.54. The minimum absolute atomic E-state index is 0.125. The lowest BCUT2D eigenvalue weighted by Gasteiger charge is -2.08. The highest BCUT2D eigenvalue weighted by atomic mass is 35.5. The van der Waals surface area contributed by atoms with Crippen molar-refractivity contribution in [3.63, 3.8) is 0 Å². The topological polar surface area (TPSA) is 69.6 Å². The summed E-state index contributed by atoms with van der Waals surface area (Å²) in [6, 6.07) is 0.807. The molecule has 2 aromatic rings. The third-order valence-electron chi connectivity index (χ3n) is 2.16. The fourth-order valence-electron chi connectivity index (χ4n) is 1.16. The van der Waals surface area contributed by atoms with Crippen LogP contribution in [0.2, 0.25) is 5.02 Å². The second-order valence-electron chi connectivity index (χ2n) is 3.51. The van der Waals surface area contributed by atoms with E-state index >= 15 is 0 Å². The maximum atomic E-state index is 12.4. The number of hydrogen-bond donors (Lipinski definition) is 1. The predicted octanol–water partition coefficient (Wildman–Crippen LogP) is 2.52. The molecule has 0 saturated carbocycles. The van der Waals surface area contributed by atoms with Gasteiger partial charge in [0.25, 0.3) is 0 Å². The van der Waals surface area contributed by atoms with Gasteiger partial charge in [-0.25, -0.2) is 9.66 Å². The van der Waals surface area contributed by atoms with Gasteiger partial charge in [-0.15, -0.1) is 10.2 Å². The van der Waals surface area contributed by atoms with Crippen LogP contribution in [0.15, 0.2) is 22.4 Å². The molecule has 0 radical (unpaired) electrons. The van der Waals surface area contributed by atoms with Crippen LogP contribution < -0.4 is 5.84 Å². The quantitative estimate of drug-likeness (QED) is 0.863. The zero-order valence-electron chi connectivity index (χ0n) is 9.44. The maximum absolute atomic E-state index is 12.4. The van der Waals surface area contributed by atoms with Crippen LogP contribution in [-0.4, -0.2) is 19.9 Å². The molecule has 0 fully saturated rings.